The fraction of sp³-hybridized carbons (Fsp3) is 0.571. The topological polar surface area (TPSA) is 15.3 Å². The Balaban J connectivity index is 1.73. The monoisotopic (exact) mass is 218 g/mol. The zero-order valence-electron chi connectivity index (χ0n) is 10.4. The molecule has 1 heterocycles. The van der Waals surface area contributed by atoms with Crippen LogP contribution in [0.3, 0.4) is 0 Å². The first kappa shape index (κ1) is 11.6. The van der Waals surface area contributed by atoms with E-state index in [1.807, 2.05) is 0 Å². The van der Waals surface area contributed by atoms with Crippen LogP contribution in [0.4, 0.5) is 0 Å². The third-order valence-corrected chi connectivity index (χ3v) is 3.30. The summed E-state index contributed by atoms with van der Waals surface area (Å²) in [7, 11) is 2.23. The molecule has 1 aromatic carbocycles. The normalized spacial score (nSPS) is 16.4. The highest BCUT2D eigenvalue weighted by molar-refractivity contribution is 5.22. The molecule has 0 aromatic heterocycles. The van der Waals surface area contributed by atoms with Crippen LogP contribution < -0.4 is 5.32 Å². The highest BCUT2D eigenvalue weighted by Crippen LogP contribution is 2.07. The van der Waals surface area contributed by atoms with Crippen molar-refractivity contribution in [3.8, 4) is 0 Å². The first-order chi connectivity index (χ1) is 7.74. The van der Waals surface area contributed by atoms with Crippen molar-refractivity contribution < 1.29 is 0 Å². The molecule has 88 valence electrons. The van der Waals surface area contributed by atoms with Gasteiger partial charge in [-0.25, -0.2) is 0 Å². The zero-order valence-corrected chi connectivity index (χ0v) is 10.4. The molecule has 0 bridgehead atoms. The van der Waals surface area contributed by atoms with Gasteiger partial charge in [-0.05, 0) is 31.9 Å². The lowest BCUT2D eigenvalue weighted by Gasteiger charge is -2.31. The quantitative estimate of drug-likeness (QED) is 0.809. The van der Waals surface area contributed by atoms with Crippen molar-refractivity contribution in [2.45, 2.75) is 13.3 Å². The Hall–Kier alpha value is -0.860. The van der Waals surface area contributed by atoms with Gasteiger partial charge < -0.3 is 10.2 Å². The minimum Gasteiger partial charge on any atom is -0.316 e. The van der Waals surface area contributed by atoms with Crippen LogP contribution in [0.2, 0.25) is 0 Å². The van der Waals surface area contributed by atoms with Gasteiger partial charge in [0.15, 0.2) is 0 Å². The summed E-state index contributed by atoms with van der Waals surface area (Å²) in [6.07, 6.45) is 1.17. The standard InChI is InChI=1S/C14H22N2/c1-12-4-3-5-13(8-12)6-7-16(2)11-14-9-15-10-14/h3-5,8,14-15H,6-7,9-11H2,1-2H3. The Morgan fingerprint density at radius 2 is 2.19 bits per heavy atom. The predicted octanol–water partition coefficient (Wildman–Crippen LogP) is 1.69. The van der Waals surface area contributed by atoms with Crippen LogP contribution in [0.15, 0.2) is 24.3 Å². The number of nitrogens with zero attached hydrogens (tertiary/aromatic N) is 1. The second kappa shape index (κ2) is 5.46. The molecule has 0 atom stereocenters. The van der Waals surface area contributed by atoms with Crippen molar-refractivity contribution in [1.82, 2.24) is 10.2 Å². The Morgan fingerprint density at radius 3 is 2.81 bits per heavy atom. The second-order valence-electron chi connectivity index (χ2n) is 5.03. The molecule has 0 spiro atoms. The van der Waals surface area contributed by atoms with Crippen molar-refractivity contribution in [1.29, 1.82) is 0 Å². The lowest BCUT2D eigenvalue weighted by atomic mass is 10.0. The molecule has 16 heavy (non-hydrogen) atoms. The highest BCUT2D eigenvalue weighted by Gasteiger charge is 2.17. The maximum atomic E-state index is 3.32. The maximum Gasteiger partial charge on any atom is 0.00311 e. The van der Waals surface area contributed by atoms with Gasteiger partial charge in [0.05, 0.1) is 0 Å². The van der Waals surface area contributed by atoms with Gasteiger partial charge >= 0.3 is 0 Å². The molecule has 1 aromatic rings. The molecular weight excluding hydrogens is 196 g/mol. The van der Waals surface area contributed by atoms with E-state index in [2.05, 4.69) is 48.5 Å². The molecule has 0 amide bonds. The van der Waals surface area contributed by atoms with Gasteiger partial charge in [0, 0.05) is 26.2 Å². The van der Waals surface area contributed by atoms with E-state index >= 15 is 0 Å². The minimum absolute atomic E-state index is 0.877. The first-order valence-corrected chi connectivity index (χ1v) is 6.19. The molecule has 1 aliphatic heterocycles. The molecule has 2 heteroatoms. The van der Waals surface area contributed by atoms with Gasteiger partial charge in [0.25, 0.3) is 0 Å². The third-order valence-electron chi connectivity index (χ3n) is 3.30. The number of rotatable bonds is 5. The molecule has 1 saturated heterocycles. The van der Waals surface area contributed by atoms with E-state index in [9.17, 15) is 0 Å². The molecule has 0 radical (unpaired) electrons. The fourth-order valence-electron chi connectivity index (χ4n) is 2.20. The second-order valence-corrected chi connectivity index (χ2v) is 5.03. The van der Waals surface area contributed by atoms with Gasteiger partial charge in [-0.2, -0.15) is 0 Å². The zero-order chi connectivity index (χ0) is 11.4. The number of benzene rings is 1. The molecular formula is C14H22N2. The molecule has 1 N–H and O–H groups in total. The van der Waals surface area contributed by atoms with Crippen LogP contribution in [-0.2, 0) is 6.42 Å². The van der Waals surface area contributed by atoms with Gasteiger partial charge in [0.2, 0.25) is 0 Å². The predicted molar refractivity (Wildman–Crippen MR) is 68.7 cm³/mol. The van der Waals surface area contributed by atoms with Crippen molar-refractivity contribution in [2.75, 3.05) is 33.2 Å². The van der Waals surface area contributed by atoms with Crippen LogP contribution in [0.5, 0.6) is 0 Å². The van der Waals surface area contributed by atoms with Crippen molar-refractivity contribution in [3.63, 3.8) is 0 Å². The summed E-state index contributed by atoms with van der Waals surface area (Å²) in [4.78, 5) is 2.45. The summed E-state index contributed by atoms with van der Waals surface area (Å²) in [5, 5.41) is 3.32. The number of likely N-dealkylation sites (N-methyl/N-ethyl adjacent to an activating group) is 1. The van der Waals surface area contributed by atoms with Crippen LogP contribution in [-0.4, -0.2) is 38.1 Å². The highest BCUT2D eigenvalue weighted by atomic mass is 15.1. The molecule has 1 fully saturated rings. The molecule has 1 aliphatic rings. The lowest BCUT2D eigenvalue weighted by Crippen LogP contribution is -2.47. The van der Waals surface area contributed by atoms with Crippen molar-refractivity contribution >= 4 is 0 Å². The fourth-order valence-corrected chi connectivity index (χ4v) is 2.20. The van der Waals surface area contributed by atoms with E-state index in [0.29, 0.717) is 0 Å². The molecule has 2 rings (SSSR count). The summed E-state index contributed by atoms with van der Waals surface area (Å²) in [6, 6.07) is 8.83. The lowest BCUT2D eigenvalue weighted by molar-refractivity contribution is 0.226. The average Bonchev–Trinajstić information content (AvgIpc) is 2.21. The summed E-state index contributed by atoms with van der Waals surface area (Å²) >= 11 is 0. The van der Waals surface area contributed by atoms with Gasteiger partial charge in [-0.3, -0.25) is 0 Å². The van der Waals surface area contributed by atoms with E-state index in [1.54, 1.807) is 0 Å². The van der Waals surface area contributed by atoms with Crippen LogP contribution >= 0.6 is 0 Å². The van der Waals surface area contributed by atoms with Gasteiger partial charge in [-0.15, -0.1) is 0 Å². The van der Waals surface area contributed by atoms with Crippen LogP contribution in [0, 0.1) is 12.8 Å². The van der Waals surface area contributed by atoms with Crippen LogP contribution in [0.25, 0.3) is 0 Å². The number of hydrogen-bond donors (Lipinski definition) is 1. The van der Waals surface area contributed by atoms with Crippen LogP contribution in [0.1, 0.15) is 11.1 Å². The summed E-state index contributed by atoms with van der Waals surface area (Å²) in [5.74, 6) is 0.877. The van der Waals surface area contributed by atoms with E-state index in [4.69, 9.17) is 0 Å². The third kappa shape index (κ3) is 3.32. The number of nitrogens with one attached hydrogen (secondary N) is 1. The summed E-state index contributed by atoms with van der Waals surface area (Å²) < 4.78 is 0. The minimum atomic E-state index is 0.877. The smallest absolute Gasteiger partial charge is 0.00311 e. The number of aryl methyl sites for hydroxylation is 1. The molecule has 0 aliphatic carbocycles. The summed E-state index contributed by atoms with van der Waals surface area (Å²) in [6.45, 7) is 6.97. The van der Waals surface area contributed by atoms with Gasteiger partial charge in [0.1, 0.15) is 0 Å². The van der Waals surface area contributed by atoms with Gasteiger partial charge in [-0.1, -0.05) is 29.8 Å². The maximum absolute atomic E-state index is 3.32. The Morgan fingerprint density at radius 1 is 1.38 bits per heavy atom. The molecule has 2 nitrogen and oxygen atoms in total. The molecule has 0 saturated carbocycles. The Kier molecular flexibility index (Phi) is 3.97. The van der Waals surface area contributed by atoms with E-state index in [-0.39, 0.29) is 0 Å². The molecule has 0 unspecified atom stereocenters. The largest absolute Gasteiger partial charge is 0.316 e. The Bertz CT molecular complexity index is 331. The van der Waals surface area contributed by atoms with E-state index in [1.165, 1.54) is 43.7 Å². The summed E-state index contributed by atoms with van der Waals surface area (Å²) in [5.41, 5.74) is 2.82. The first-order valence-electron chi connectivity index (χ1n) is 6.19. The van der Waals surface area contributed by atoms with Crippen molar-refractivity contribution in [2.24, 2.45) is 5.92 Å². The van der Waals surface area contributed by atoms with E-state index in [0.717, 1.165) is 5.92 Å². The van der Waals surface area contributed by atoms with Crippen molar-refractivity contribution in [3.05, 3.63) is 35.4 Å². The average molecular weight is 218 g/mol. The number of hydrogen-bond acceptors (Lipinski definition) is 2. The van der Waals surface area contributed by atoms with E-state index < -0.39 is 0 Å². The Labute approximate surface area is 98.7 Å². The SMILES string of the molecule is Cc1cccc(CCN(C)CC2CNC2)c1.